The van der Waals surface area contributed by atoms with Crippen molar-refractivity contribution in [1.29, 1.82) is 0 Å². The summed E-state index contributed by atoms with van der Waals surface area (Å²) in [7, 11) is 0. The molecular formula is C18H20N2O3S. The maximum Gasteiger partial charge on any atom is 0.262 e. The summed E-state index contributed by atoms with van der Waals surface area (Å²) in [5.41, 5.74) is -0.908. The second kappa shape index (κ2) is 7.13. The van der Waals surface area contributed by atoms with Crippen LogP contribution >= 0.6 is 11.3 Å². The van der Waals surface area contributed by atoms with E-state index in [0.717, 1.165) is 29.3 Å². The first-order valence-electron chi connectivity index (χ1n) is 8.18. The van der Waals surface area contributed by atoms with Crippen molar-refractivity contribution >= 4 is 39.5 Å². The number of amides is 2. The molecule has 0 aliphatic heterocycles. The number of thiophene rings is 1. The molecule has 1 heterocycles. The van der Waals surface area contributed by atoms with Gasteiger partial charge in [0.2, 0.25) is 5.91 Å². The van der Waals surface area contributed by atoms with Crippen LogP contribution in [0.5, 0.6) is 0 Å². The molecule has 2 amide bonds. The van der Waals surface area contributed by atoms with Crippen molar-refractivity contribution in [2.45, 2.75) is 37.6 Å². The van der Waals surface area contributed by atoms with E-state index in [2.05, 4.69) is 10.6 Å². The number of carbonyl (C=O) groups excluding carboxylic acids is 3. The molecule has 1 aliphatic carbocycles. The SMILES string of the molecule is O=CCNC(=O)C1(NC(=O)c2cc3ccccc3s2)CCCCC1. The Morgan fingerprint density at radius 1 is 1.17 bits per heavy atom. The molecule has 0 spiro atoms. The van der Waals surface area contributed by atoms with Crippen molar-refractivity contribution in [1.82, 2.24) is 10.6 Å². The number of rotatable bonds is 5. The summed E-state index contributed by atoms with van der Waals surface area (Å²) >= 11 is 1.42. The summed E-state index contributed by atoms with van der Waals surface area (Å²) in [5.74, 6) is -0.483. The van der Waals surface area contributed by atoms with Gasteiger partial charge in [-0.3, -0.25) is 9.59 Å². The molecule has 0 radical (unpaired) electrons. The molecule has 6 heteroatoms. The van der Waals surface area contributed by atoms with E-state index >= 15 is 0 Å². The second-order valence-corrected chi connectivity index (χ2v) is 7.21. The third-order valence-corrected chi connectivity index (χ3v) is 5.60. The monoisotopic (exact) mass is 344 g/mol. The van der Waals surface area contributed by atoms with E-state index in [1.807, 2.05) is 30.3 Å². The number of carbonyl (C=O) groups is 3. The third kappa shape index (κ3) is 3.33. The predicted molar refractivity (Wildman–Crippen MR) is 94.2 cm³/mol. The first-order valence-corrected chi connectivity index (χ1v) is 8.99. The van der Waals surface area contributed by atoms with Crippen LogP contribution in [0.4, 0.5) is 0 Å². The van der Waals surface area contributed by atoms with Gasteiger partial charge in [0.15, 0.2) is 0 Å². The van der Waals surface area contributed by atoms with Crippen LogP contribution < -0.4 is 10.6 Å². The van der Waals surface area contributed by atoms with E-state index in [-0.39, 0.29) is 18.4 Å². The summed E-state index contributed by atoms with van der Waals surface area (Å²) in [4.78, 5) is 36.4. The first kappa shape index (κ1) is 16.6. The molecule has 0 saturated heterocycles. The lowest BCUT2D eigenvalue weighted by molar-refractivity contribution is -0.129. The second-order valence-electron chi connectivity index (χ2n) is 6.12. The number of hydrogen-bond acceptors (Lipinski definition) is 4. The molecule has 1 saturated carbocycles. The number of nitrogens with one attached hydrogen (secondary N) is 2. The van der Waals surface area contributed by atoms with Crippen LogP contribution in [-0.4, -0.2) is 30.2 Å². The first-order chi connectivity index (χ1) is 11.6. The maximum absolute atomic E-state index is 12.7. The Morgan fingerprint density at radius 3 is 2.62 bits per heavy atom. The topological polar surface area (TPSA) is 75.3 Å². The molecule has 1 aliphatic rings. The van der Waals surface area contributed by atoms with Gasteiger partial charge >= 0.3 is 0 Å². The van der Waals surface area contributed by atoms with E-state index in [1.165, 1.54) is 11.3 Å². The summed E-state index contributed by atoms with van der Waals surface area (Å²) < 4.78 is 1.05. The summed E-state index contributed by atoms with van der Waals surface area (Å²) in [6.07, 6.45) is 4.70. The zero-order valence-electron chi connectivity index (χ0n) is 13.3. The zero-order chi connectivity index (χ0) is 17.0. The highest BCUT2D eigenvalue weighted by molar-refractivity contribution is 7.20. The van der Waals surface area contributed by atoms with Crippen LogP contribution in [0.3, 0.4) is 0 Å². The molecular weight excluding hydrogens is 324 g/mol. The van der Waals surface area contributed by atoms with Gasteiger partial charge in [-0.2, -0.15) is 0 Å². The van der Waals surface area contributed by atoms with Crippen molar-refractivity contribution < 1.29 is 14.4 Å². The molecule has 5 nitrogen and oxygen atoms in total. The van der Waals surface area contributed by atoms with Crippen molar-refractivity contribution in [3.8, 4) is 0 Å². The quantitative estimate of drug-likeness (QED) is 0.819. The van der Waals surface area contributed by atoms with Gasteiger partial charge in [0, 0.05) is 4.70 Å². The molecule has 2 N–H and O–H groups in total. The number of fused-ring (bicyclic) bond motifs is 1. The van der Waals surface area contributed by atoms with E-state index in [9.17, 15) is 14.4 Å². The van der Waals surface area contributed by atoms with Crippen LogP contribution in [0.1, 0.15) is 41.8 Å². The molecule has 1 aromatic carbocycles. The highest BCUT2D eigenvalue weighted by Gasteiger charge is 2.41. The van der Waals surface area contributed by atoms with Crippen molar-refractivity contribution in [2.24, 2.45) is 0 Å². The van der Waals surface area contributed by atoms with Gasteiger partial charge in [-0.15, -0.1) is 11.3 Å². The van der Waals surface area contributed by atoms with Gasteiger partial charge in [0.25, 0.3) is 5.91 Å². The van der Waals surface area contributed by atoms with Crippen LogP contribution in [0.25, 0.3) is 10.1 Å². The molecule has 1 fully saturated rings. The summed E-state index contributed by atoms with van der Waals surface area (Å²) in [5, 5.41) is 6.59. The van der Waals surface area contributed by atoms with Gasteiger partial charge in [0.05, 0.1) is 11.4 Å². The lowest BCUT2D eigenvalue weighted by Crippen LogP contribution is -2.59. The van der Waals surface area contributed by atoms with Gasteiger partial charge < -0.3 is 15.4 Å². The van der Waals surface area contributed by atoms with Gasteiger partial charge in [-0.25, -0.2) is 0 Å². The standard InChI is InChI=1S/C18H20N2O3S/c21-11-10-19-17(23)18(8-4-1-5-9-18)20-16(22)15-12-13-6-2-3-7-14(13)24-15/h2-3,6-7,11-12H,1,4-5,8-10H2,(H,19,23)(H,20,22). The van der Waals surface area contributed by atoms with Gasteiger partial charge in [-0.05, 0) is 30.4 Å². The van der Waals surface area contributed by atoms with Crippen molar-refractivity contribution in [3.63, 3.8) is 0 Å². The lowest BCUT2D eigenvalue weighted by atomic mass is 9.80. The summed E-state index contributed by atoms with van der Waals surface area (Å²) in [6.45, 7) is -0.0284. The van der Waals surface area contributed by atoms with E-state index in [4.69, 9.17) is 0 Å². The number of benzene rings is 1. The normalized spacial score (nSPS) is 16.5. The minimum absolute atomic E-state index is 0.0284. The van der Waals surface area contributed by atoms with Crippen LogP contribution in [0, 0.1) is 0 Å². The minimum atomic E-state index is -0.908. The number of hydrogen-bond donors (Lipinski definition) is 2. The Morgan fingerprint density at radius 2 is 1.92 bits per heavy atom. The summed E-state index contributed by atoms with van der Waals surface area (Å²) in [6, 6.07) is 9.68. The fraction of sp³-hybridized carbons (Fsp3) is 0.389. The Kier molecular flexibility index (Phi) is 4.94. The Labute approximate surface area is 144 Å². The van der Waals surface area contributed by atoms with E-state index < -0.39 is 5.54 Å². The minimum Gasteiger partial charge on any atom is -0.347 e. The smallest absolute Gasteiger partial charge is 0.262 e. The molecule has 0 unspecified atom stereocenters. The molecule has 2 aromatic rings. The average Bonchev–Trinajstić information content (AvgIpc) is 3.04. The molecule has 0 bridgehead atoms. The molecule has 1 aromatic heterocycles. The Hall–Kier alpha value is -2.21. The van der Waals surface area contributed by atoms with Crippen LogP contribution in [0.15, 0.2) is 30.3 Å². The van der Waals surface area contributed by atoms with Crippen molar-refractivity contribution in [2.75, 3.05) is 6.54 Å². The van der Waals surface area contributed by atoms with Gasteiger partial charge in [-0.1, -0.05) is 37.5 Å². The highest BCUT2D eigenvalue weighted by atomic mass is 32.1. The van der Waals surface area contributed by atoms with Crippen molar-refractivity contribution in [3.05, 3.63) is 35.2 Å². The number of aldehydes is 1. The molecule has 126 valence electrons. The Bertz CT molecular complexity index is 729. The molecule has 0 atom stereocenters. The largest absolute Gasteiger partial charge is 0.347 e. The van der Waals surface area contributed by atoms with Crippen LogP contribution in [-0.2, 0) is 9.59 Å². The Balaban J connectivity index is 1.82. The fourth-order valence-corrected chi connectivity index (χ4v) is 4.20. The van der Waals surface area contributed by atoms with Crippen LogP contribution in [0.2, 0.25) is 0 Å². The zero-order valence-corrected chi connectivity index (χ0v) is 14.2. The predicted octanol–water partition coefficient (Wildman–Crippen LogP) is 2.65. The molecule has 3 rings (SSSR count). The van der Waals surface area contributed by atoms with E-state index in [1.54, 1.807) is 0 Å². The lowest BCUT2D eigenvalue weighted by Gasteiger charge is -2.36. The fourth-order valence-electron chi connectivity index (χ4n) is 3.24. The van der Waals surface area contributed by atoms with E-state index in [0.29, 0.717) is 24.0 Å². The average molecular weight is 344 g/mol. The third-order valence-electron chi connectivity index (χ3n) is 4.49. The molecule has 24 heavy (non-hydrogen) atoms. The highest BCUT2D eigenvalue weighted by Crippen LogP contribution is 2.30. The van der Waals surface area contributed by atoms with Gasteiger partial charge in [0.1, 0.15) is 11.8 Å². The maximum atomic E-state index is 12.7.